The molecule has 0 radical (unpaired) electrons. The Bertz CT molecular complexity index is 2700. The third-order valence-corrected chi connectivity index (χ3v) is 12.1. The zero-order valence-corrected chi connectivity index (χ0v) is 30.7. The molecule has 10 rings (SSSR count). The van der Waals surface area contributed by atoms with Crippen LogP contribution in [0.2, 0.25) is 0 Å². The second-order valence-electron chi connectivity index (χ2n) is 15.8. The van der Waals surface area contributed by atoms with Gasteiger partial charge in [0.25, 0.3) is 0 Å². The van der Waals surface area contributed by atoms with Gasteiger partial charge < -0.3 is 4.90 Å². The van der Waals surface area contributed by atoms with Crippen molar-refractivity contribution in [3.8, 4) is 44.5 Å². The highest BCUT2D eigenvalue weighted by Gasteiger charge is 2.38. The molecular formula is C52H41N. The van der Waals surface area contributed by atoms with Crippen molar-refractivity contribution >= 4 is 27.8 Å². The molecule has 8 aromatic carbocycles. The van der Waals surface area contributed by atoms with Crippen LogP contribution in [-0.2, 0) is 10.8 Å². The minimum Gasteiger partial charge on any atom is -0.310 e. The Kier molecular flexibility index (Phi) is 6.94. The molecule has 2 aliphatic carbocycles. The van der Waals surface area contributed by atoms with E-state index in [-0.39, 0.29) is 10.8 Å². The van der Waals surface area contributed by atoms with E-state index in [9.17, 15) is 0 Å². The number of rotatable bonds is 5. The second-order valence-corrected chi connectivity index (χ2v) is 15.8. The molecule has 0 N–H and O–H groups in total. The zero-order valence-electron chi connectivity index (χ0n) is 30.7. The van der Waals surface area contributed by atoms with E-state index in [1.165, 1.54) is 77.5 Å². The van der Waals surface area contributed by atoms with Gasteiger partial charge >= 0.3 is 0 Å². The highest BCUT2D eigenvalue weighted by molar-refractivity contribution is 6.08. The molecule has 0 atom stereocenters. The number of nitrogens with zero attached hydrogens (tertiary/aromatic N) is 1. The van der Waals surface area contributed by atoms with Crippen LogP contribution in [0.3, 0.4) is 0 Å². The lowest BCUT2D eigenvalue weighted by Crippen LogP contribution is -2.16. The summed E-state index contributed by atoms with van der Waals surface area (Å²) < 4.78 is 0. The van der Waals surface area contributed by atoms with Crippen molar-refractivity contribution in [2.24, 2.45) is 0 Å². The Morgan fingerprint density at radius 1 is 0.340 bits per heavy atom. The molecule has 0 saturated carbocycles. The van der Waals surface area contributed by atoms with Gasteiger partial charge in [0.15, 0.2) is 0 Å². The number of anilines is 3. The largest absolute Gasteiger partial charge is 0.310 e. The van der Waals surface area contributed by atoms with E-state index in [4.69, 9.17) is 0 Å². The molecule has 0 heterocycles. The molecule has 254 valence electrons. The molecule has 2 aliphatic rings. The Labute approximate surface area is 312 Å². The van der Waals surface area contributed by atoms with E-state index in [2.05, 4.69) is 209 Å². The number of fused-ring (bicyclic) bond motifs is 7. The summed E-state index contributed by atoms with van der Waals surface area (Å²) in [6.07, 6.45) is 0. The molecule has 1 heteroatoms. The van der Waals surface area contributed by atoms with E-state index in [1.54, 1.807) is 0 Å². The average Bonchev–Trinajstić information content (AvgIpc) is 3.57. The van der Waals surface area contributed by atoms with Crippen molar-refractivity contribution in [1.82, 2.24) is 0 Å². The molecule has 53 heavy (non-hydrogen) atoms. The van der Waals surface area contributed by atoms with Crippen molar-refractivity contribution in [3.05, 3.63) is 198 Å². The van der Waals surface area contributed by atoms with Crippen molar-refractivity contribution in [2.75, 3.05) is 4.90 Å². The van der Waals surface area contributed by atoms with E-state index in [0.29, 0.717) is 0 Å². The van der Waals surface area contributed by atoms with Gasteiger partial charge in [-0.05, 0) is 120 Å². The lowest BCUT2D eigenvalue weighted by atomic mass is 9.80. The first kappa shape index (κ1) is 31.5. The zero-order chi connectivity index (χ0) is 35.9. The molecule has 8 aromatic rings. The van der Waals surface area contributed by atoms with Gasteiger partial charge in [0, 0.05) is 27.9 Å². The number of benzene rings is 8. The maximum atomic E-state index is 2.43. The quantitative estimate of drug-likeness (QED) is 0.175. The molecule has 0 fully saturated rings. The van der Waals surface area contributed by atoms with Gasteiger partial charge in [-0.3, -0.25) is 0 Å². The van der Waals surface area contributed by atoms with Crippen molar-refractivity contribution in [1.29, 1.82) is 0 Å². The van der Waals surface area contributed by atoms with E-state index in [0.717, 1.165) is 17.1 Å². The normalized spacial score (nSPS) is 14.3. The summed E-state index contributed by atoms with van der Waals surface area (Å²) in [5.74, 6) is 0. The van der Waals surface area contributed by atoms with Gasteiger partial charge in [0.05, 0.1) is 0 Å². The first-order chi connectivity index (χ1) is 25.8. The molecule has 0 amide bonds. The standard InChI is InChI=1S/C52H41N/c1-51(2)45-20-12-10-18-42(45)43-31-30-40(33-47(43)51)53(38-26-22-35(23-27-38)34-14-6-5-7-15-34)39-28-24-36(25-29-39)49-41-17-9-8-16-37(41)32-48-50(49)44-19-11-13-21-46(44)52(48,3)4/h5-33H,1-4H3. The minimum atomic E-state index is -0.0898. The summed E-state index contributed by atoms with van der Waals surface area (Å²) in [5.41, 5.74) is 19.2. The summed E-state index contributed by atoms with van der Waals surface area (Å²) in [5, 5.41) is 2.58. The molecule has 0 unspecified atom stereocenters. The maximum absolute atomic E-state index is 2.43. The van der Waals surface area contributed by atoms with Gasteiger partial charge in [0.1, 0.15) is 0 Å². The van der Waals surface area contributed by atoms with Gasteiger partial charge in [-0.25, -0.2) is 0 Å². The highest BCUT2D eigenvalue weighted by atomic mass is 15.1. The maximum Gasteiger partial charge on any atom is 0.0465 e. The topological polar surface area (TPSA) is 3.24 Å². The van der Waals surface area contributed by atoms with Crippen LogP contribution in [-0.4, -0.2) is 0 Å². The molecular weight excluding hydrogens is 639 g/mol. The fraction of sp³-hybridized carbons (Fsp3) is 0.115. The fourth-order valence-electron chi connectivity index (χ4n) is 9.30. The molecule has 0 spiro atoms. The van der Waals surface area contributed by atoms with Crippen LogP contribution >= 0.6 is 0 Å². The van der Waals surface area contributed by atoms with Crippen LogP contribution in [0.15, 0.2) is 176 Å². The number of hydrogen-bond donors (Lipinski definition) is 0. The average molecular weight is 680 g/mol. The Morgan fingerprint density at radius 3 is 1.57 bits per heavy atom. The van der Waals surface area contributed by atoms with Gasteiger partial charge in [-0.15, -0.1) is 0 Å². The SMILES string of the molecule is CC1(C)c2ccccc2-c2ccc(N(c3ccc(-c4ccccc4)cc3)c3ccc(-c4c5c(cc6ccccc46)C(C)(C)c4ccccc4-5)cc3)cc21. The minimum absolute atomic E-state index is 0.0750. The monoisotopic (exact) mass is 679 g/mol. The first-order valence-electron chi connectivity index (χ1n) is 18.8. The van der Waals surface area contributed by atoms with Crippen molar-refractivity contribution in [3.63, 3.8) is 0 Å². The third-order valence-electron chi connectivity index (χ3n) is 12.1. The van der Waals surface area contributed by atoms with Crippen molar-refractivity contribution in [2.45, 2.75) is 38.5 Å². The van der Waals surface area contributed by atoms with Crippen LogP contribution in [0.25, 0.3) is 55.3 Å². The van der Waals surface area contributed by atoms with Gasteiger partial charge in [-0.2, -0.15) is 0 Å². The summed E-state index contributed by atoms with van der Waals surface area (Å²) in [6.45, 7) is 9.46. The first-order valence-corrected chi connectivity index (χ1v) is 18.8. The van der Waals surface area contributed by atoms with Crippen LogP contribution in [0.5, 0.6) is 0 Å². The molecule has 0 aliphatic heterocycles. The Balaban J connectivity index is 1.14. The van der Waals surface area contributed by atoms with Crippen molar-refractivity contribution < 1.29 is 0 Å². The van der Waals surface area contributed by atoms with Crippen LogP contribution in [0.4, 0.5) is 17.1 Å². The summed E-state index contributed by atoms with van der Waals surface area (Å²) in [4.78, 5) is 2.42. The predicted molar refractivity (Wildman–Crippen MR) is 225 cm³/mol. The summed E-state index contributed by atoms with van der Waals surface area (Å²) in [6, 6.07) is 65.2. The lowest BCUT2D eigenvalue weighted by Gasteiger charge is -2.28. The Morgan fingerprint density at radius 2 is 0.849 bits per heavy atom. The molecule has 0 bridgehead atoms. The summed E-state index contributed by atoms with van der Waals surface area (Å²) in [7, 11) is 0. The summed E-state index contributed by atoms with van der Waals surface area (Å²) >= 11 is 0. The molecule has 1 nitrogen and oxygen atoms in total. The lowest BCUT2D eigenvalue weighted by molar-refractivity contribution is 0.660. The number of hydrogen-bond acceptors (Lipinski definition) is 1. The smallest absolute Gasteiger partial charge is 0.0465 e. The second kappa shape index (κ2) is 11.7. The highest BCUT2D eigenvalue weighted by Crippen LogP contribution is 2.55. The van der Waals surface area contributed by atoms with E-state index in [1.807, 2.05) is 0 Å². The van der Waals surface area contributed by atoms with Gasteiger partial charge in [-0.1, -0.05) is 161 Å². The van der Waals surface area contributed by atoms with E-state index >= 15 is 0 Å². The predicted octanol–water partition coefficient (Wildman–Crippen LogP) is 14.3. The molecule has 0 aromatic heterocycles. The van der Waals surface area contributed by atoms with E-state index < -0.39 is 0 Å². The third kappa shape index (κ3) is 4.77. The fourth-order valence-corrected chi connectivity index (χ4v) is 9.30. The van der Waals surface area contributed by atoms with Crippen LogP contribution in [0.1, 0.15) is 49.9 Å². The molecule has 0 saturated heterocycles. The van der Waals surface area contributed by atoms with Gasteiger partial charge in [0.2, 0.25) is 0 Å². The Hall–Kier alpha value is -6.18. The van der Waals surface area contributed by atoms with Crippen LogP contribution < -0.4 is 4.90 Å². The van der Waals surface area contributed by atoms with Crippen LogP contribution in [0, 0.1) is 0 Å².